The summed E-state index contributed by atoms with van der Waals surface area (Å²) in [5.74, 6) is 1.60. The number of rotatable bonds is 5. The minimum atomic E-state index is -0.308. The van der Waals surface area contributed by atoms with Crippen molar-refractivity contribution >= 4 is 17.4 Å². The summed E-state index contributed by atoms with van der Waals surface area (Å²) in [6.07, 6.45) is 1.68. The number of fused-ring (bicyclic) bond motifs is 1. The first kappa shape index (κ1) is 15.8. The summed E-state index contributed by atoms with van der Waals surface area (Å²) in [6.45, 7) is 0.555. The molecule has 0 saturated heterocycles. The molecule has 0 fully saturated rings. The standard InChI is InChI=1S/C18H15N5O3/c24-18(20-10-13-3-1-2-8-19-13)14-5-7-17(23-22-14)21-12-4-6-15-16(9-12)26-11-25-15/h1-9H,10-11H2,(H,20,24)(H,21,23). The molecule has 3 aromatic rings. The Kier molecular flexibility index (Phi) is 4.29. The topological polar surface area (TPSA) is 98.3 Å². The maximum Gasteiger partial charge on any atom is 0.272 e. The third kappa shape index (κ3) is 3.54. The van der Waals surface area contributed by atoms with Crippen LogP contribution in [-0.2, 0) is 6.54 Å². The van der Waals surface area contributed by atoms with Crippen LogP contribution in [0.2, 0.25) is 0 Å². The lowest BCUT2D eigenvalue weighted by Gasteiger charge is -2.07. The molecule has 0 unspecified atom stereocenters. The zero-order valence-electron chi connectivity index (χ0n) is 13.7. The third-order valence-corrected chi connectivity index (χ3v) is 3.70. The molecule has 0 aliphatic carbocycles. The third-order valence-electron chi connectivity index (χ3n) is 3.70. The first-order chi connectivity index (χ1) is 12.8. The van der Waals surface area contributed by atoms with Crippen LogP contribution in [0.15, 0.2) is 54.7 Å². The first-order valence-corrected chi connectivity index (χ1v) is 7.96. The van der Waals surface area contributed by atoms with Gasteiger partial charge in [-0.1, -0.05) is 6.07 Å². The summed E-state index contributed by atoms with van der Waals surface area (Å²) in [5.41, 5.74) is 1.79. The summed E-state index contributed by atoms with van der Waals surface area (Å²) in [5, 5.41) is 13.9. The number of hydrogen-bond acceptors (Lipinski definition) is 7. The fraction of sp³-hybridized carbons (Fsp3) is 0.111. The first-order valence-electron chi connectivity index (χ1n) is 7.96. The van der Waals surface area contributed by atoms with Crippen molar-refractivity contribution in [2.75, 3.05) is 12.1 Å². The number of anilines is 2. The number of aromatic nitrogens is 3. The summed E-state index contributed by atoms with van der Waals surface area (Å²) in [4.78, 5) is 16.3. The zero-order valence-corrected chi connectivity index (χ0v) is 13.7. The number of nitrogens with zero attached hydrogens (tertiary/aromatic N) is 3. The molecule has 1 aromatic carbocycles. The number of nitrogens with one attached hydrogen (secondary N) is 2. The van der Waals surface area contributed by atoms with Gasteiger partial charge >= 0.3 is 0 Å². The van der Waals surface area contributed by atoms with Crippen LogP contribution < -0.4 is 20.1 Å². The van der Waals surface area contributed by atoms with Gasteiger partial charge in [-0.15, -0.1) is 10.2 Å². The summed E-state index contributed by atoms with van der Waals surface area (Å²) < 4.78 is 10.6. The van der Waals surface area contributed by atoms with E-state index >= 15 is 0 Å². The highest BCUT2D eigenvalue weighted by atomic mass is 16.7. The molecule has 0 radical (unpaired) electrons. The molecule has 130 valence electrons. The number of ether oxygens (including phenoxy) is 2. The lowest BCUT2D eigenvalue weighted by molar-refractivity contribution is 0.0944. The SMILES string of the molecule is O=C(NCc1ccccn1)c1ccc(Nc2ccc3c(c2)OCO3)nn1. The van der Waals surface area contributed by atoms with E-state index in [2.05, 4.69) is 25.8 Å². The van der Waals surface area contributed by atoms with Crippen molar-refractivity contribution < 1.29 is 14.3 Å². The molecule has 0 spiro atoms. The van der Waals surface area contributed by atoms with Crippen molar-refractivity contribution in [1.82, 2.24) is 20.5 Å². The van der Waals surface area contributed by atoms with Crippen molar-refractivity contribution in [3.05, 3.63) is 66.1 Å². The second-order valence-electron chi connectivity index (χ2n) is 5.50. The molecular formula is C18H15N5O3. The van der Waals surface area contributed by atoms with Gasteiger partial charge in [-0.2, -0.15) is 0 Å². The van der Waals surface area contributed by atoms with E-state index in [0.717, 1.165) is 11.4 Å². The van der Waals surface area contributed by atoms with Crippen LogP contribution in [0.25, 0.3) is 0 Å². The Labute approximate surface area is 149 Å². The Morgan fingerprint density at radius 1 is 1.04 bits per heavy atom. The number of pyridine rings is 1. The van der Waals surface area contributed by atoms with Crippen LogP contribution in [0.3, 0.4) is 0 Å². The molecule has 8 nitrogen and oxygen atoms in total. The predicted octanol–water partition coefficient (Wildman–Crippen LogP) is 2.27. The van der Waals surface area contributed by atoms with Gasteiger partial charge in [-0.05, 0) is 36.4 Å². The van der Waals surface area contributed by atoms with Crippen LogP contribution >= 0.6 is 0 Å². The molecule has 1 amide bonds. The maximum absolute atomic E-state index is 12.1. The molecule has 4 rings (SSSR count). The second-order valence-corrected chi connectivity index (χ2v) is 5.50. The molecule has 3 heterocycles. The Morgan fingerprint density at radius 2 is 1.96 bits per heavy atom. The normalized spacial score (nSPS) is 11.8. The number of benzene rings is 1. The van der Waals surface area contributed by atoms with E-state index in [1.54, 1.807) is 18.3 Å². The quantitative estimate of drug-likeness (QED) is 0.729. The highest BCUT2D eigenvalue weighted by Gasteiger charge is 2.14. The van der Waals surface area contributed by atoms with Gasteiger partial charge in [0.25, 0.3) is 5.91 Å². The zero-order chi connectivity index (χ0) is 17.8. The minimum absolute atomic E-state index is 0.223. The Morgan fingerprint density at radius 3 is 2.77 bits per heavy atom. The Balaban J connectivity index is 1.38. The monoisotopic (exact) mass is 349 g/mol. The number of amides is 1. The molecule has 1 aliphatic rings. The molecule has 2 N–H and O–H groups in total. The highest BCUT2D eigenvalue weighted by molar-refractivity contribution is 5.92. The number of hydrogen-bond donors (Lipinski definition) is 2. The van der Waals surface area contributed by atoms with Crippen molar-refractivity contribution in [3.63, 3.8) is 0 Å². The fourth-order valence-electron chi connectivity index (χ4n) is 2.41. The second kappa shape index (κ2) is 7.06. The Bertz CT molecular complexity index is 916. The van der Waals surface area contributed by atoms with Gasteiger partial charge in [0.2, 0.25) is 6.79 Å². The molecule has 0 atom stereocenters. The summed E-state index contributed by atoms with van der Waals surface area (Å²) in [6, 6.07) is 14.3. The van der Waals surface area contributed by atoms with Gasteiger partial charge in [-0.25, -0.2) is 0 Å². The van der Waals surface area contributed by atoms with Crippen LogP contribution in [0.1, 0.15) is 16.2 Å². The van der Waals surface area contributed by atoms with Gasteiger partial charge in [0.1, 0.15) is 0 Å². The molecule has 0 saturated carbocycles. The van der Waals surface area contributed by atoms with E-state index in [-0.39, 0.29) is 18.4 Å². The highest BCUT2D eigenvalue weighted by Crippen LogP contribution is 2.34. The van der Waals surface area contributed by atoms with E-state index in [1.807, 2.05) is 36.4 Å². The maximum atomic E-state index is 12.1. The van der Waals surface area contributed by atoms with Gasteiger partial charge in [0, 0.05) is 18.0 Å². The van der Waals surface area contributed by atoms with Crippen LogP contribution in [0, 0.1) is 0 Å². The van der Waals surface area contributed by atoms with E-state index in [0.29, 0.717) is 23.9 Å². The summed E-state index contributed by atoms with van der Waals surface area (Å²) >= 11 is 0. The largest absolute Gasteiger partial charge is 0.454 e. The van der Waals surface area contributed by atoms with E-state index in [1.165, 1.54) is 0 Å². The lowest BCUT2D eigenvalue weighted by atomic mass is 10.2. The van der Waals surface area contributed by atoms with Crippen LogP contribution in [0.5, 0.6) is 11.5 Å². The number of carbonyl (C=O) groups is 1. The van der Waals surface area contributed by atoms with E-state index < -0.39 is 0 Å². The van der Waals surface area contributed by atoms with Crippen LogP contribution in [0.4, 0.5) is 11.5 Å². The van der Waals surface area contributed by atoms with Gasteiger partial charge in [0.05, 0.1) is 12.2 Å². The number of carbonyl (C=O) groups excluding carboxylic acids is 1. The van der Waals surface area contributed by atoms with Crippen molar-refractivity contribution in [2.24, 2.45) is 0 Å². The fourth-order valence-corrected chi connectivity index (χ4v) is 2.41. The Hall–Kier alpha value is -3.68. The molecule has 8 heteroatoms. The smallest absolute Gasteiger partial charge is 0.272 e. The van der Waals surface area contributed by atoms with E-state index in [4.69, 9.17) is 9.47 Å². The van der Waals surface area contributed by atoms with Gasteiger partial charge in [0.15, 0.2) is 23.0 Å². The molecular weight excluding hydrogens is 334 g/mol. The lowest BCUT2D eigenvalue weighted by Crippen LogP contribution is -2.24. The average molecular weight is 349 g/mol. The minimum Gasteiger partial charge on any atom is -0.454 e. The van der Waals surface area contributed by atoms with Crippen LogP contribution in [-0.4, -0.2) is 27.9 Å². The molecule has 26 heavy (non-hydrogen) atoms. The summed E-state index contributed by atoms with van der Waals surface area (Å²) in [7, 11) is 0. The molecule has 0 bridgehead atoms. The molecule has 2 aromatic heterocycles. The van der Waals surface area contributed by atoms with Crippen molar-refractivity contribution in [2.45, 2.75) is 6.54 Å². The van der Waals surface area contributed by atoms with Crippen molar-refractivity contribution in [3.8, 4) is 11.5 Å². The average Bonchev–Trinajstić information content (AvgIpc) is 3.15. The van der Waals surface area contributed by atoms with Gasteiger partial charge in [-0.3, -0.25) is 9.78 Å². The molecule has 1 aliphatic heterocycles. The van der Waals surface area contributed by atoms with E-state index in [9.17, 15) is 4.79 Å². The van der Waals surface area contributed by atoms with Gasteiger partial charge < -0.3 is 20.1 Å². The van der Waals surface area contributed by atoms with Crippen molar-refractivity contribution in [1.29, 1.82) is 0 Å². The predicted molar refractivity (Wildman–Crippen MR) is 93.3 cm³/mol.